The Hall–Kier alpha value is -3.09. The minimum Gasteiger partial charge on any atom is -0.493 e. The molecule has 0 aromatic heterocycles. The van der Waals surface area contributed by atoms with Crippen LogP contribution in [-0.4, -0.2) is 44.1 Å². The molecule has 7 heteroatoms. The third kappa shape index (κ3) is 5.70. The number of hydrogen-bond donors (Lipinski definition) is 0. The number of ether oxygens (including phenoxy) is 3. The molecule has 0 saturated carbocycles. The Morgan fingerprint density at radius 3 is 2.56 bits per heavy atom. The number of benzene rings is 2. The fraction of sp³-hybridized carbons (Fsp3) is 0.300. The van der Waals surface area contributed by atoms with E-state index >= 15 is 0 Å². The maximum Gasteiger partial charge on any atom is 0.338 e. The SMILES string of the molecule is CCOc1cc(C(=O)OCC(=O)N(C)Cc2cccc(F)c2)ccc1OC. The van der Waals surface area contributed by atoms with Gasteiger partial charge in [-0.3, -0.25) is 4.79 Å². The van der Waals surface area contributed by atoms with Crippen molar-refractivity contribution in [2.75, 3.05) is 27.4 Å². The van der Waals surface area contributed by atoms with Gasteiger partial charge in [-0.2, -0.15) is 0 Å². The standard InChI is InChI=1S/C20H22FNO5/c1-4-26-18-11-15(8-9-17(18)25-3)20(24)27-13-19(23)22(2)12-14-6-5-7-16(21)10-14/h5-11H,4,12-13H2,1-3H3. The lowest BCUT2D eigenvalue weighted by molar-refractivity contribution is -0.133. The van der Waals surface area contributed by atoms with E-state index in [9.17, 15) is 14.0 Å². The molecule has 0 saturated heterocycles. The smallest absolute Gasteiger partial charge is 0.338 e. The van der Waals surface area contributed by atoms with Crippen LogP contribution in [0.25, 0.3) is 0 Å². The van der Waals surface area contributed by atoms with Gasteiger partial charge in [-0.1, -0.05) is 12.1 Å². The summed E-state index contributed by atoms with van der Waals surface area (Å²) in [6.07, 6.45) is 0. The first kappa shape index (κ1) is 20.2. The van der Waals surface area contributed by atoms with E-state index in [1.807, 2.05) is 6.92 Å². The summed E-state index contributed by atoms with van der Waals surface area (Å²) in [4.78, 5) is 25.7. The van der Waals surface area contributed by atoms with Crippen molar-refractivity contribution in [1.29, 1.82) is 0 Å². The van der Waals surface area contributed by atoms with Crippen LogP contribution in [0.4, 0.5) is 4.39 Å². The number of methoxy groups -OCH3 is 1. The Bertz CT molecular complexity index is 809. The summed E-state index contributed by atoms with van der Waals surface area (Å²) in [5, 5.41) is 0. The number of carbonyl (C=O) groups is 2. The fourth-order valence-corrected chi connectivity index (χ4v) is 2.39. The zero-order chi connectivity index (χ0) is 19.8. The van der Waals surface area contributed by atoms with Gasteiger partial charge < -0.3 is 19.1 Å². The minimum atomic E-state index is -0.647. The molecule has 144 valence electrons. The van der Waals surface area contributed by atoms with Crippen LogP contribution < -0.4 is 9.47 Å². The summed E-state index contributed by atoms with van der Waals surface area (Å²) in [6.45, 7) is 2.03. The van der Waals surface area contributed by atoms with Crippen molar-refractivity contribution in [3.05, 3.63) is 59.4 Å². The van der Waals surface area contributed by atoms with Crippen molar-refractivity contribution < 1.29 is 28.2 Å². The Morgan fingerprint density at radius 1 is 1.11 bits per heavy atom. The van der Waals surface area contributed by atoms with Gasteiger partial charge in [-0.05, 0) is 42.8 Å². The van der Waals surface area contributed by atoms with Crippen molar-refractivity contribution in [3.63, 3.8) is 0 Å². The quantitative estimate of drug-likeness (QED) is 0.664. The fourth-order valence-electron chi connectivity index (χ4n) is 2.39. The Kier molecular flexibility index (Phi) is 7.16. The first-order valence-corrected chi connectivity index (χ1v) is 8.41. The van der Waals surface area contributed by atoms with Crippen molar-refractivity contribution in [2.24, 2.45) is 0 Å². The minimum absolute atomic E-state index is 0.213. The molecule has 0 fully saturated rings. The van der Waals surface area contributed by atoms with E-state index < -0.39 is 18.5 Å². The molecule has 0 atom stereocenters. The molecule has 0 spiro atoms. The number of rotatable bonds is 8. The number of amides is 1. The van der Waals surface area contributed by atoms with E-state index in [1.165, 1.54) is 36.3 Å². The molecule has 0 N–H and O–H groups in total. The number of carbonyl (C=O) groups excluding carboxylic acids is 2. The highest BCUT2D eigenvalue weighted by Crippen LogP contribution is 2.28. The average Bonchev–Trinajstić information content (AvgIpc) is 2.66. The second kappa shape index (κ2) is 9.56. The van der Waals surface area contributed by atoms with Crippen LogP contribution in [0.3, 0.4) is 0 Å². The van der Waals surface area contributed by atoms with Crippen LogP contribution in [0.1, 0.15) is 22.8 Å². The highest BCUT2D eigenvalue weighted by molar-refractivity contribution is 5.92. The van der Waals surface area contributed by atoms with Gasteiger partial charge in [-0.15, -0.1) is 0 Å². The molecule has 0 unspecified atom stereocenters. The first-order chi connectivity index (χ1) is 12.9. The Balaban J connectivity index is 1.94. The predicted molar refractivity (Wildman–Crippen MR) is 97.3 cm³/mol. The van der Waals surface area contributed by atoms with E-state index in [1.54, 1.807) is 25.2 Å². The van der Waals surface area contributed by atoms with Crippen LogP contribution >= 0.6 is 0 Å². The third-order valence-corrected chi connectivity index (χ3v) is 3.76. The van der Waals surface area contributed by atoms with Gasteiger partial charge in [-0.25, -0.2) is 9.18 Å². The van der Waals surface area contributed by atoms with Crippen LogP contribution in [0.15, 0.2) is 42.5 Å². The predicted octanol–water partition coefficient (Wildman–Crippen LogP) is 3.05. The molecule has 0 bridgehead atoms. The van der Waals surface area contributed by atoms with E-state index in [4.69, 9.17) is 14.2 Å². The molecule has 0 aliphatic rings. The van der Waals surface area contributed by atoms with Gasteiger partial charge >= 0.3 is 5.97 Å². The van der Waals surface area contributed by atoms with Crippen LogP contribution in [-0.2, 0) is 16.1 Å². The number of likely N-dealkylation sites (N-methyl/N-ethyl adjacent to an activating group) is 1. The highest BCUT2D eigenvalue weighted by atomic mass is 19.1. The van der Waals surface area contributed by atoms with Gasteiger partial charge in [0.05, 0.1) is 19.3 Å². The average molecular weight is 375 g/mol. The van der Waals surface area contributed by atoms with Crippen molar-refractivity contribution in [3.8, 4) is 11.5 Å². The molecule has 0 heterocycles. The molecule has 2 aromatic carbocycles. The zero-order valence-corrected chi connectivity index (χ0v) is 15.5. The summed E-state index contributed by atoms with van der Waals surface area (Å²) >= 11 is 0. The summed E-state index contributed by atoms with van der Waals surface area (Å²) in [6, 6.07) is 10.6. The second-order valence-corrected chi connectivity index (χ2v) is 5.75. The third-order valence-electron chi connectivity index (χ3n) is 3.76. The number of hydrogen-bond acceptors (Lipinski definition) is 5. The van der Waals surface area contributed by atoms with Gasteiger partial charge in [0.2, 0.25) is 0 Å². The van der Waals surface area contributed by atoms with Gasteiger partial charge in [0.15, 0.2) is 18.1 Å². The molecule has 0 radical (unpaired) electrons. The maximum absolute atomic E-state index is 13.2. The van der Waals surface area contributed by atoms with Crippen molar-refractivity contribution in [1.82, 2.24) is 4.90 Å². The number of nitrogens with zero attached hydrogens (tertiary/aromatic N) is 1. The molecule has 0 aliphatic carbocycles. The lowest BCUT2D eigenvalue weighted by Crippen LogP contribution is -2.30. The number of halogens is 1. The number of esters is 1. The van der Waals surface area contributed by atoms with Crippen molar-refractivity contribution in [2.45, 2.75) is 13.5 Å². The summed E-state index contributed by atoms with van der Waals surface area (Å²) < 4.78 is 28.9. The molecule has 27 heavy (non-hydrogen) atoms. The monoisotopic (exact) mass is 375 g/mol. The topological polar surface area (TPSA) is 65.1 Å². The molecule has 0 aliphatic heterocycles. The highest BCUT2D eigenvalue weighted by Gasteiger charge is 2.16. The Morgan fingerprint density at radius 2 is 1.89 bits per heavy atom. The molecular weight excluding hydrogens is 353 g/mol. The van der Waals surface area contributed by atoms with E-state index in [0.717, 1.165) is 0 Å². The molecule has 6 nitrogen and oxygen atoms in total. The van der Waals surface area contributed by atoms with Crippen molar-refractivity contribution >= 4 is 11.9 Å². The Labute approximate surface area is 157 Å². The van der Waals surface area contributed by atoms with Crippen LogP contribution in [0.2, 0.25) is 0 Å². The van der Waals surface area contributed by atoms with E-state index in [-0.39, 0.29) is 17.9 Å². The normalized spacial score (nSPS) is 10.2. The van der Waals surface area contributed by atoms with Gasteiger partial charge in [0.1, 0.15) is 5.82 Å². The van der Waals surface area contributed by atoms with E-state index in [2.05, 4.69) is 0 Å². The zero-order valence-electron chi connectivity index (χ0n) is 15.5. The molecule has 2 rings (SSSR count). The van der Waals surface area contributed by atoms with Gasteiger partial charge in [0.25, 0.3) is 5.91 Å². The summed E-state index contributed by atoms with van der Waals surface area (Å²) in [5.74, 6) is -0.495. The molecule has 1 amide bonds. The lowest BCUT2D eigenvalue weighted by Gasteiger charge is -2.17. The second-order valence-electron chi connectivity index (χ2n) is 5.75. The molecule has 2 aromatic rings. The van der Waals surface area contributed by atoms with Crippen LogP contribution in [0, 0.1) is 5.82 Å². The first-order valence-electron chi connectivity index (χ1n) is 8.41. The largest absolute Gasteiger partial charge is 0.493 e. The summed E-state index contributed by atoms with van der Waals surface area (Å²) in [5.41, 5.74) is 0.897. The van der Waals surface area contributed by atoms with Crippen LogP contribution in [0.5, 0.6) is 11.5 Å². The van der Waals surface area contributed by atoms with Gasteiger partial charge in [0, 0.05) is 13.6 Å². The lowest BCUT2D eigenvalue weighted by atomic mass is 10.2. The summed E-state index contributed by atoms with van der Waals surface area (Å²) in [7, 11) is 3.06. The van der Waals surface area contributed by atoms with E-state index in [0.29, 0.717) is 23.7 Å². The maximum atomic E-state index is 13.2. The molecular formula is C20H22FNO5.